The number of hydrogen-bond donors (Lipinski definition) is 1. The zero-order valence-corrected chi connectivity index (χ0v) is 9.76. The van der Waals surface area contributed by atoms with Crippen molar-refractivity contribution in [1.29, 1.82) is 0 Å². The highest BCUT2D eigenvalue weighted by molar-refractivity contribution is 7.89. The maximum Gasteiger partial charge on any atom is 0.242 e. The van der Waals surface area contributed by atoms with Gasteiger partial charge in [0.2, 0.25) is 10.0 Å². The summed E-state index contributed by atoms with van der Waals surface area (Å²) in [5, 5.41) is 0. The van der Waals surface area contributed by atoms with Gasteiger partial charge in [0.15, 0.2) is 0 Å². The minimum absolute atomic E-state index is 0.149. The van der Waals surface area contributed by atoms with E-state index in [9.17, 15) is 8.42 Å². The SMILES string of the molecule is O=S(=O)(NCc1ccccn1)c1cccnc1. The van der Waals surface area contributed by atoms with Crippen LogP contribution in [0.25, 0.3) is 0 Å². The minimum Gasteiger partial charge on any atom is -0.263 e. The first-order chi connectivity index (χ1) is 8.18. The molecule has 0 saturated carbocycles. The first-order valence-electron chi connectivity index (χ1n) is 4.98. The third-order valence-electron chi connectivity index (χ3n) is 2.11. The molecule has 0 aliphatic rings. The van der Waals surface area contributed by atoms with Gasteiger partial charge < -0.3 is 0 Å². The van der Waals surface area contributed by atoms with Gasteiger partial charge in [-0.3, -0.25) is 9.97 Å². The molecule has 0 aromatic carbocycles. The normalized spacial score (nSPS) is 11.3. The van der Waals surface area contributed by atoms with Crippen molar-refractivity contribution in [3.05, 3.63) is 54.6 Å². The Morgan fingerprint density at radius 2 is 2.00 bits per heavy atom. The predicted octanol–water partition coefficient (Wildman–Crippen LogP) is 0.955. The van der Waals surface area contributed by atoms with E-state index < -0.39 is 10.0 Å². The molecule has 0 aliphatic heterocycles. The van der Waals surface area contributed by atoms with Gasteiger partial charge in [0.25, 0.3) is 0 Å². The van der Waals surface area contributed by atoms with Crippen LogP contribution in [0.1, 0.15) is 5.69 Å². The van der Waals surface area contributed by atoms with Crippen molar-refractivity contribution in [3.8, 4) is 0 Å². The topological polar surface area (TPSA) is 72.0 Å². The fraction of sp³-hybridized carbons (Fsp3) is 0.0909. The smallest absolute Gasteiger partial charge is 0.242 e. The van der Waals surface area contributed by atoms with Gasteiger partial charge >= 0.3 is 0 Å². The number of aromatic nitrogens is 2. The van der Waals surface area contributed by atoms with Gasteiger partial charge in [0.05, 0.1) is 12.2 Å². The Morgan fingerprint density at radius 3 is 2.65 bits per heavy atom. The third-order valence-corrected chi connectivity index (χ3v) is 3.50. The molecule has 0 radical (unpaired) electrons. The second kappa shape index (κ2) is 5.03. The van der Waals surface area contributed by atoms with Crippen LogP contribution in [0.4, 0.5) is 0 Å². The van der Waals surface area contributed by atoms with Crippen LogP contribution in [0.3, 0.4) is 0 Å². The summed E-state index contributed by atoms with van der Waals surface area (Å²) in [5.41, 5.74) is 0.667. The second-order valence-corrected chi connectivity index (χ2v) is 5.10. The van der Waals surface area contributed by atoms with Crippen LogP contribution in [0.15, 0.2) is 53.8 Å². The predicted molar refractivity (Wildman–Crippen MR) is 62.5 cm³/mol. The summed E-state index contributed by atoms with van der Waals surface area (Å²) in [4.78, 5) is 7.95. The quantitative estimate of drug-likeness (QED) is 0.875. The summed E-state index contributed by atoms with van der Waals surface area (Å²) in [6, 6.07) is 8.41. The summed E-state index contributed by atoms with van der Waals surface area (Å²) in [6.45, 7) is 0.165. The molecule has 0 amide bonds. The number of pyridine rings is 2. The van der Waals surface area contributed by atoms with Gasteiger partial charge in [0, 0.05) is 18.6 Å². The molecule has 0 fully saturated rings. The zero-order valence-electron chi connectivity index (χ0n) is 8.95. The molecule has 0 atom stereocenters. The average molecular weight is 249 g/mol. The van der Waals surface area contributed by atoms with Gasteiger partial charge in [-0.1, -0.05) is 6.07 Å². The highest BCUT2D eigenvalue weighted by Crippen LogP contribution is 2.06. The Bertz CT molecular complexity index is 570. The van der Waals surface area contributed by atoms with Gasteiger partial charge in [-0.2, -0.15) is 0 Å². The maximum atomic E-state index is 11.8. The van der Waals surface area contributed by atoms with Crippen LogP contribution >= 0.6 is 0 Å². The molecule has 5 nitrogen and oxygen atoms in total. The molecular formula is C11H11N3O2S. The van der Waals surface area contributed by atoms with Crippen LogP contribution < -0.4 is 4.72 Å². The number of sulfonamides is 1. The van der Waals surface area contributed by atoms with E-state index in [2.05, 4.69) is 14.7 Å². The van der Waals surface area contributed by atoms with Gasteiger partial charge in [0.1, 0.15) is 4.90 Å². The lowest BCUT2D eigenvalue weighted by Gasteiger charge is -2.05. The Kier molecular flexibility index (Phi) is 3.46. The van der Waals surface area contributed by atoms with Crippen LogP contribution in [0.5, 0.6) is 0 Å². The van der Waals surface area contributed by atoms with Crippen LogP contribution in [0.2, 0.25) is 0 Å². The van der Waals surface area contributed by atoms with Gasteiger partial charge in [-0.25, -0.2) is 13.1 Å². The second-order valence-electron chi connectivity index (χ2n) is 3.33. The lowest BCUT2D eigenvalue weighted by molar-refractivity contribution is 0.580. The molecule has 6 heteroatoms. The number of rotatable bonds is 4. The first kappa shape index (κ1) is 11.7. The summed E-state index contributed by atoms with van der Waals surface area (Å²) >= 11 is 0. The van der Waals surface area contributed by atoms with Gasteiger partial charge in [-0.05, 0) is 24.3 Å². The number of hydrogen-bond acceptors (Lipinski definition) is 4. The molecule has 0 saturated heterocycles. The van der Waals surface area contributed by atoms with Crippen molar-refractivity contribution in [2.24, 2.45) is 0 Å². The molecule has 0 unspecified atom stereocenters. The third kappa shape index (κ3) is 3.08. The van der Waals surface area contributed by atoms with E-state index in [1.165, 1.54) is 18.5 Å². The molecule has 17 heavy (non-hydrogen) atoms. The van der Waals surface area contributed by atoms with E-state index in [1.54, 1.807) is 30.5 Å². The van der Waals surface area contributed by atoms with Crippen LogP contribution in [-0.4, -0.2) is 18.4 Å². The van der Waals surface area contributed by atoms with Crippen molar-refractivity contribution in [1.82, 2.24) is 14.7 Å². The molecule has 0 spiro atoms. The van der Waals surface area contributed by atoms with Crippen LogP contribution in [-0.2, 0) is 16.6 Å². The largest absolute Gasteiger partial charge is 0.263 e. The number of nitrogens with one attached hydrogen (secondary N) is 1. The summed E-state index contributed by atoms with van der Waals surface area (Å²) in [6.07, 6.45) is 4.45. The van der Waals surface area contributed by atoms with Crippen molar-refractivity contribution in [2.45, 2.75) is 11.4 Å². The number of nitrogens with zero attached hydrogens (tertiary/aromatic N) is 2. The molecule has 0 bridgehead atoms. The highest BCUT2D eigenvalue weighted by Gasteiger charge is 2.13. The van der Waals surface area contributed by atoms with E-state index in [1.807, 2.05) is 0 Å². The zero-order chi connectivity index (χ0) is 12.1. The molecular weight excluding hydrogens is 238 g/mol. The molecule has 2 heterocycles. The first-order valence-corrected chi connectivity index (χ1v) is 6.46. The lowest BCUT2D eigenvalue weighted by atomic mass is 10.4. The molecule has 2 rings (SSSR count). The van der Waals surface area contributed by atoms with E-state index >= 15 is 0 Å². The van der Waals surface area contributed by atoms with E-state index in [0.717, 1.165) is 0 Å². The van der Waals surface area contributed by atoms with Crippen LogP contribution in [0, 0.1) is 0 Å². The van der Waals surface area contributed by atoms with E-state index in [4.69, 9.17) is 0 Å². The highest BCUT2D eigenvalue weighted by atomic mass is 32.2. The maximum absolute atomic E-state index is 11.8. The standard InChI is InChI=1S/C11H11N3O2S/c15-17(16,11-5-3-6-12-9-11)14-8-10-4-1-2-7-13-10/h1-7,9,14H,8H2. The molecule has 88 valence electrons. The summed E-state index contributed by atoms with van der Waals surface area (Å²) in [5.74, 6) is 0. The summed E-state index contributed by atoms with van der Waals surface area (Å²) in [7, 11) is -3.51. The average Bonchev–Trinajstić information content (AvgIpc) is 2.39. The fourth-order valence-corrected chi connectivity index (χ4v) is 2.22. The van der Waals surface area contributed by atoms with E-state index in [-0.39, 0.29) is 11.4 Å². The van der Waals surface area contributed by atoms with E-state index in [0.29, 0.717) is 5.69 Å². The molecule has 2 aromatic heterocycles. The molecule has 0 aliphatic carbocycles. The molecule has 1 N–H and O–H groups in total. The van der Waals surface area contributed by atoms with Gasteiger partial charge in [-0.15, -0.1) is 0 Å². The Labute approximate surface area is 99.6 Å². The van der Waals surface area contributed by atoms with Crippen molar-refractivity contribution in [2.75, 3.05) is 0 Å². The monoisotopic (exact) mass is 249 g/mol. The lowest BCUT2D eigenvalue weighted by Crippen LogP contribution is -2.23. The minimum atomic E-state index is -3.51. The summed E-state index contributed by atoms with van der Waals surface area (Å²) < 4.78 is 26.1. The Morgan fingerprint density at radius 1 is 1.12 bits per heavy atom. The fourth-order valence-electron chi connectivity index (χ4n) is 1.26. The Hall–Kier alpha value is -1.79. The van der Waals surface area contributed by atoms with Crippen molar-refractivity contribution >= 4 is 10.0 Å². The Balaban J connectivity index is 2.09. The van der Waals surface area contributed by atoms with Crippen molar-refractivity contribution < 1.29 is 8.42 Å². The van der Waals surface area contributed by atoms with Crippen molar-refractivity contribution in [3.63, 3.8) is 0 Å². The molecule has 2 aromatic rings.